The molecule has 7 heteroatoms. The first-order valence-electron chi connectivity index (χ1n) is 5.74. The second-order valence-electron chi connectivity index (χ2n) is 4.32. The largest absolute Gasteiger partial charge is 0.482 e. The average Bonchev–Trinajstić information content (AvgIpc) is 2.75. The Morgan fingerprint density at radius 3 is 2.53 bits per heavy atom. The van der Waals surface area contributed by atoms with Crippen molar-refractivity contribution in [3.63, 3.8) is 0 Å². The van der Waals surface area contributed by atoms with Crippen molar-refractivity contribution in [1.82, 2.24) is 14.8 Å². The quantitative estimate of drug-likeness (QED) is 0.880. The van der Waals surface area contributed by atoms with Crippen LogP contribution >= 0.6 is 23.2 Å². The van der Waals surface area contributed by atoms with Crippen LogP contribution in [0.5, 0.6) is 5.75 Å². The number of nitrogens with zero attached hydrogens (tertiary/aromatic N) is 3. The molecule has 0 bridgehead atoms. The van der Waals surface area contributed by atoms with Gasteiger partial charge in [0, 0.05) is 11.7 Å². The summed E-state index contributed by atoms with van der Waals surface area (Å²) >= 11 is 12.1. The lowest BCUT2D eigenvalue weighted by Crippen LogP contribution is -2.11. The minimum absolute atomic E-state index is 0.207. The van der Waals surface area contributed by atoms with Gasteiger partial charge in [-0.1, -0.05) is 23.2 Å². The number of ether oxygens (including phenoxy) is 1. The van der Waals surface area contributed by atoms with Gasteiger partial charge in [-0.3, -0.25) is 0 Å². The molecule has 1 aromatic carbocycles. The number of aromatic nitrogens is 3. The normalized spacial score (nSPS) is 11.0. The van der Waals surface area contributed by atoms with E-state index in [4.69, 9.17) is 33.7 Å². The number of benzene rings is 1. The minimum atomic E-state index is 0.207. The summed E-state index contributed by atoms with van der Waals surface area (Å²) in [5.74, 6) is 1.11. The maximum atomic E-state index is 6.05. The Balaban J connectivity index is 2.17. The summed E-state index contributed by atoms with van der Waals surface area (Å²) in [7, 11) is 0. The molecule has 0 unspecified atom stereocenters. The molecule has 0 saturated carbocycles. The van der Waals surface area contributed by atoms with Crippen molar-refractivity contribution >= 4 is 28.9 Å². The molecule has 2 N–H and O–H groups in total. The van der Waals surface area contributed by atoms with Crippen molar-refractivity contribution in [3.05, 3.63) is 34.3 Å². The van der Waals surface area contributed by atoms with Gasteiger partial charge in [-0.15, -0.1) is 0 Å². The zero-order chi connectivity index (χ0) is 14.0. The Hall–Kier alpha value is -1.46. The Morgan fingerprint density at radius 1 is 1.32 bits per heavy atom. The number of anilines is 1. The maximum Gasteiger partial charge on any atom is 0.165 e. The van der Waals surface area contributed by atoms with E-state index >= 15 is 0 Å². The highest BCUT2D eigenvalue weighted by atomic mass is 35.5. The van der Waals surface area contributed by atoms with Crippen LogP contribution in [0.1, 0.15) is 25.7 Å². The van der Waals surface area contributed by atoms with E-state index in [2.05, 4.69) is 10.1 Å². The third-order valence-corrected chi connectivity index (χ3v) is 3.06. The van der Waals surface area contributed by atoms with Crippen molar-refractivity contribution in [2.24, 2.45) is 0 Å². The zero-order valence-corrected chi connectivity index (χ0v) is 12.1. The van der Waals surface area contributed by atoms with Crippen molar-refractivity contribution < 1.29 is 4.74 Å². The average molecular weight is 301 g/mol. The van der Waals surface area contributed by atoms with E-state index in [1.165, 1.54) is 6.33 Å². The first kappa shape index (κ1) is 14.0. The van der Waals surface area contributed by atoms with Gasteiger partial charge in [0.15, 0.2) is 11.6 Å². The lowest BCUT2D eigenvalue weighted by atomic mass is 10.3. The van der Waals surface area contributed by atoms with E-state index in [0.717, 1.165) is 0 Å². The minimum Gasteiger partial charge on any atom is -0.482 e. The van der Waals surface area contributed by atoms with Gasteiger partial charge in [-0.25, -0.2) is 9.67 Å². The van der Waals surface area contributed by atoms with E-state index in [1.54, 1.807) is 16.8 Å². The van der Waals surface area contributed by atoms with Crippen LogP contribution in [-0.2, 0) is 6.61 Å². The molecule has 0 saturated heterocycles. The summed E-state index contributed by atoms with van der Waals surface area (Å²) in [4.78, 5) is 4.15. The van der Waals surface area contributed by atoms with Crippen LogP contribution < -0.4 is 10.5 Å². The number of nitrogen functional groups attached to an aromatic ring is 1. The van der Waals surface area contributed by atoms with E-state index < -0.39 is 0 Å². The standard InChI is InChI=1S/C12H14Cl2N4O/c1-7(2)18-11(16-6-17-18)5-19-12-9(13)3-8(15)4-10(12)14/h3-4,6-7H,5,15H2,1-2H3. The third kappa shape index (κ3) is 3.11. The monoisotopic (exact) mass is 300 g/mol. The molecule has 0 atom stereocenters. The first-order valence-corrected chi connectivity index (χ1v) is 6.50. The molecular formula is C12H14Cl2N4O. The van der Waals surface area contributed by atoms with Crippen LogP contribution in [0, 0.1) is 0 Å². The third-order valence-electron chi connectivity index (χ3n) is 2.50. The number of hydrogen-bond acceptors (Lipinski definition) is 4. The van der Waals surface area contributed by atoms with Gasteiger partial charge in [-0.2, -0.15) is 5.10 Å². The second-order valence-corrected chi connectivity index (χ2v) is 5.13. The Morgan fingerprint density at radius 2 is 1.95 bits per heavy atom. The predicted molar refractivity (Wildman–Crippen MR) is 75.6 cm³/mol. The first-order chi connectivity index (χ1) is 8.99. The molecule has 0 aliphatic carbocycles. The number of halogens is 2. The molecule has 2 rings (SSSR count). The van der Waals surface area contributed by atoms with Gasteiger partial charge in [0.1, 0.15) is 12.9 Å². The molecule has 0 spiro atoms. The highest BCUT2D eigenvalue weighted by molar-refractivity contribution is 6.37. The zero-order valence-electron chi connectivity index (χ0n) is 10.6. The highest BCUT2D eigenvalue weighted by Gasteiger charge is 2.12. The van der Waals surface area contributed by atoms with Crippen LogP contribution in [-0.4, -0.2) is 14.8 Å². The summed E-state index contributed by atoms with van der Waals surface area (Å²) in [6.07, 6.45) is 1.49. The van der Waals surface area contributed by atoms with Gasteiger partial charge in [-0.05, 0) is 26.0 Å². The summed E-state index contributed by atoms with van der Waals surface area (Å²) in [6.45, 7) is 4.27. The van der Waals surface area contributed by atoms with Gasteiger partial charge in [0.2, 0.25) is 0 Å². The smallest absolute Gasteiger partial charge is 0.165 e. The second kappa shape index (κ2) is 5.67. The summed E-state index contributed by atoms with van der Waals surface area (Å²) in [5, 5.41) is 4.88. The van der Waals surface area contributed by atoms with E-state index in [9.17, 15) is 0 Å². The number of hydrogen-bond donors (Lipinski definition) is 1. The predicted octanol–water partition coefficient (Wildman–Crippen LogP) is 3.33. The lowest BCUT2D eigenvalue weighted by molar-refractivity contribution is 0.283. The van der Waals surface area contributed by atoms with Crippen LogP contribution in [0.3, 0.4) is 0 Å². The fourth-order valence-corrected chi connectivity index (χ4v) is 2.28. The molecule has 19 heavy (non-hydrogen) atoms. The highest BCUT2D eigenvalue weighted by Crippen LogP contribution is 2.35. The van der Waals surface area contributed by atoms with E-state index in [1.807, 2.05) is 13.8 Å². The van der Waals surface area contributed by atoms with E-state index in [0.29, 0.717) is 27.3 Å². The fraction of sp³-hybridized carbons (Fsp3) is 0.333. The summed E-state index contributed by atoms with van der Waals surface area (Å²) < 4.78 is 7.39. The summed E-state index contributed by atoms with van der Waals surface area (Å²) in [6, 6.07) is 3.39. The molecule has 0 aliphatic heterocycles. The molecule has 0 fully saturated rings. The maximum absolute atomic E-state index is 6.05. The molecule has 1 heterocycles. The molecular weight excluding hydrogens is 287 g/mol. The van der Waals surface area contributed by atoms with Gasteiger partial charge in [0.25, 0.3) is 0 Å². The van der Waals surface area contributed by atoms with E-state index in [-0.39, 0.29) is 12.6 Å². The topological polar surface area (TPSA) is 66.0 Å². The summed E-state index contributed by atoms with van der Waals surface area (Å²) in [5.41, 5.74) is 6.13. The van der Waals surface area contributed by atoms with Crippen LogP contribution in [0.4, 0.5) is 5.69 Å². The molecule has 5 nitrogen and oxygen atoms in total. The van der Waals surface area contributed by atoms with Crippen molar-refractivity contribution in [2.75, 3.05) is 5.73 Å². The van der Waals surface area contributed by atoms with Crippen LogP contribution in [0.25, 0.3) is 0 Å². The number of nitrogens with two attached hydrogens (primary N) is 1. The number of rotatable bonds is 4. The van der Waals surface area contributed by atoms with Gasteiger partial charge < -0.3 is 10.5 Å². The van der Waals surface area contributed by atoms with Crippen molar-refractivity contribution in [2.45, 2.75) is 26.5 Å². The molecule has 1 aromatic heterocycles. The SMILES string of the molecule is CC(C)n1ncnc1COc1c(Cl)cc(N)cc1Cl. The molecule has 2 aromatic rings. The van der Waals surface area contributed by atoms with Crippen LogP contribution in [0.15, 0.2) is 18.5 Å². The Kier molecular flexibility index (Phi) is 4.17. The van der Waals surface area contributed by atoms with Gasteiger partial charge in [0.05, 0.1) is 10.0 Å². The lowest BCUT2D eigenvalue weighted by Gasteiger charge is -2.12. The molecule has 0 amide bonds. The van der Waals surface area contributed by atoms with Crippen molar-refractivity contribution in [3.8, 4) is 5.75 Å². The van der Waals surface area contributed by atoms with Crippen LogP contribution in [0.2, 0.25) is 10.0 Å². The Bertz CT molecular complexity index is 560. The molecule has 0 radical (unpaired) electrons. The van der Waals surface area contributed by atoms with Crippen molar-refractivity contribution in [1.29, 1.82) is 0 Å². The van der Waals surface area contributed by atoms with Gasteiger partial charge >= 0.3 is 0 Å². The fourth-order valence-electron chi connectivity index (χ4n) is 1.66. The molecule has 102 valence electrons. The molecule has 0 aliphatic rings. The Labute approximate surface area is 121 Å².